The van der Waals surface area contributed by atoms with Crippen molar-refractivity contribution in [3.8, 4) is 0 Å². The van der Waals surface area contributed by atoms with Gasteiger partial charge in [-0.1, -0.05) is 24.3 Å². The standard InChI is InChI=1S/C20H25N7S/c1-15-5-2-3-7-17(15)22-20-24-18(23-19(21)25-20)14-27-10-8-26(9-11-27)13-16-6-4-12-28-16/h2-7,12H,8-11,13-14H2,1H3,(H3,21,22,23,24,25). The molecule has 2 aromatic heterocycles. The number of para-hydroxylation sites is 1. The van der Waals surface area contributed by atoms with Gasteiger partial charge in [-0.2, -0.15) is 15.0 Å². The van der Waals surface area contributed by atoms with E-state index in [0.717, 1.165) is 44.0 Å². The average molecular weight is 396 g/mol. The lowest BCUT2D eigenvalue weighted by atomic mass is 10.2. The number of nitrogens with two attached hydrogens (primary N) is 1. The Kier molecular flexibility index (Phi) is 5.80. The lowest BCUT2D eigenvalue weighted by molar-refractivity contribution is 0.120. The molecule has 1 aliphatic heterocycles. The number of benzene rings is 1. The SMILES string of the molecule is Cc1ccccc1Nc1nc(N)nc(CN2CCN(Cc3cccs3)CC2)n1. The van der Waals surface area contributed by atoms with E-state index in [1.54, 1.807) is 0 Å². The quantitative estimate of drug-likeness (QED) is 0.664. The molecule has 28 heavy (non-hydrogen) atoms. The molecule has 0 aliphatic carbocycles. The Bertz CT molecular complexity index is 905. The smallest absolute Gasteiger partial charge is 0.232 e. The Morgan fingerprint density at radius 3 is 2.43 bits per heavy atom. The van der Waals surface area contributed by atoms with Crippen LogP contribution in [-0.2, 0) is 13.1 Å². The Hall–Kier alpha value is -2.55. The summed E-state index contributed by atoms with van der Waals surface area (Å²) in [5.41, 5.74) is 8.03. The first-order chi connectivity index (χ1) is 13.7. The van der Waals surface area contributed by atoms with Gasteiger partial charge in [0.2, 0.25) is 11.9 Å². The third-order valence-corrected chi connectivity index (χ3v) is 5.74. The molecule has 0 atom stereocenters. The minimum absolute atomic E-state index is 0.248. The second-order valence-electron chi connectivity index (χ2n) is 7.01. The first kappa shape index (κ1) is 18.8. The molecule has 8 heteroatoms. The van der Waals surface area contributed by atoms with Gasteiger partial charge in [0.25, 0.3) is 0 Å². The zero-order chi connectivity index (χ0) is 19.3. The van der Waals surface area contributed by atoms with Gasteiger partial charge in [0.1, 0.15) is 5.82 Å². The van der Waals surface area contributed by atoms with Crippen LogP contribution in [-0.4, -0.2) is 50.9 Å². The first-order valence-electron chi connectivity index (χ1n) is 9.46. The molecular weight excluding hydrogens is 370 g/mol. The van der Waals surface area contributed by atoms with E-state index in [4.69, 9.17) is 5.73 Å². The number of aromatic nitrogens is 3. The maximum atomic E-state index is 5.93. The highest BCUT2D eigenvalue weighted by Gasteiger charge is 2.19. The van der Waals surface area contributed by atoms with Crippen molar-refractivity contribution in [2.24, 2.45) is 0 Å². The third-order valence-electron chi connectivity index (χ3n) is 4.88. The molecule has 1 aliphatic rings. The van der Waals surface area contributed by atoms with Crippen molar-refractivity contribution in [1.82, 2.24) is 24.8 Å². The molecule has 7 nitrogen and oxygen atoms in total. The largest absolute Gasteiger partial charge is 0.368 e. The molecule has 0 saturated carbocycles. The predicted molar refractivity (Wildman–Crippen MR) is 114 cm³/mol. The fourth-order valence-electron chi connectivity index (χ4n) is 3.33. The van der Waals surface area contributed by atoms with E-state index < -0.39 is 0 Å². The van der Waals surface area contributed by atoms with Gasteiger partial charge in [-0.3, -0.25) is 9.80 Å². The number of rotatable bonds is 6. The van der Waals surface area contributed by atoms with Crippen molar-refractivity contribution in [3.05, 3.63) is 58.0 Å². The normalized spacial score (nSPS) is 15.6. The Labute approximate surface area is 169 Å². The van der Waals surface area contributed by atoms with Crippen molar-refractivity contribution in [2.45, 2.75) is 20.0 Å². The fraction of sp³-hybridized carbons (Fsp3) is 0.350. The molecule has 1 fully saturated rings. The molecule has 1 saturated heterocycles. The predicted octanol–water partition coefficient (Wildman–Crippen LogP) is 2.89. The maximum Gasteiger partial charge on any atom is 0.232 e. The van der Waals surface area contributed by atoms with E-state index in [2.05, 4.69) is 47.6 Å². The van der Waals surface area contributed by atoms with E-state index in [1.165, 1.54) is 4.88 Å². The second-order valence-corrected chi connectivity index (χ2v) is 8.04. The minimum atomic E-state index is 0.248. The molecular formula is C20H25N7S. The van der Waals surface area contributed by atoms with Crippen LogP contribution in [0.3, 0.4) is 0 Å². The molecule has 3 aromatic rings. The van der Waals surface area contributed by atoms with E-state index in [9.17, 15) is 0 Å². The van der Waals surface area contributed by atoms with Crippen LogP contribution in [0, 0.1) is 6.92 Å². The van der Waals surface area contributed by atoms with Crippen molar-refractivity contribution in [2.75, 3.05) is 37.2 Å². The lowest BCUT2D eigenvalue weighted by Crippen LogP contribution is -2.45. The van der Waals surface area contributed by atoms with Crippen molar-refractivity contribution in [3.63, 3.8) is 0 Å². The highest BCUT2D eigenvalue weighted by Crippen LogP contribution is 2.18. The van der Waals surface area contributed by atoms with Gasteiger partial charge in [-0.25, -0.2) is 0 Å². The Morgan fingerprint density at radius 1 is 0.964 bits per heavy atom. The second kappa shape index (κ2) is 8.64. The van der Waals surface area contributed by atoms with Gasteiger partial charge < -0.3 is 11.1 Å². The highest BCUT2D eigenvalue weighted by molar-refractivity contribution is 7.09. The fourth-order valence-corrected chi connectivity index (χ4v) is 4.07. The molecule has 1 aromatic carbocycles. The number of hydrogen-bond donors (Lipinski definition) is 2. The summed E-state index contributed by atoms with van der Waals surface area (Å²) in [5, 5.41) is 5.39. The summed E-state index contributed by atoms with van der Waals surface area (Å²) < 4.78 is 0. The van der Waals surface area contributed by atoms with Crippen LogP contribution in [0.5, 0.6) is 0 Å². The number of nitrogens with one attached hydrogen (secondary N) is 1. The molecule has 0 amide bonds. The van der Waals surface area contributed by atoms with Crippen LogP contribution >= 0.6 is 11.3 Å². The maximum absolute atomic E-state index is 5.93. The number of nitrogen functional groups attached to an aromatic ring is 1. The number of nitrogens with zero attached hydrogens (tertiary/aromatic N) is 5. The summed E-state index contributed by atoms with van der Waals surface area (Å²) in [7, 11) is 0. The average Bonchev–Trinajstić information content (AvgIpc) is 3.18. The van der Waals surface area contributed by atoms with Crippen LogP contribution in [0.1, 0.15) is 16.3 Å². The third kappa shape index (κ3) is 4.83. The topological polar surface area (TPSA) is 83.2 Å². The van der Waals surface area contributed by atoms with Crippen molar-refractivity contribution in [1.29, 1.82) is 0 Å². The monoisotopic (exact) mass is 395 g/mol. The van der Waals surface area contributed by atoms with E-state index in [1.807, 2.05) is 42.5 Å². The minimum Gasteiger partial charge on any atom is -0.368 e. The Balaban J connectivity index is 1.36. The van der Waals surface area contributed by atoms with Gasteiger partial charge >= 0.3 is 0 Å². The number of aryl methyl sites for hydroxylation is 1. The molecule has 0 radical (unpaired) electrons. The summed E-state index contributed by atoms with van der Waals surface area (Å²) in [6.45, 7) is 7.86. The number of thiophene rings is 1. The van der Waals surface area contributed by atoms with Crippen LogP contribution in [0.2, 0.25) is 0 Å². The van der Waals surface area contributed by atoms with E-state index in [0.29, 0.717) is 18.3 Å². The first-order valence-corrected chi connectivity index (χ1v) is 10.3. The van der Waals surface area contributed by atoms with E-state index in [-0.39, 0.29) is 5.95 Å². The number of anilines is 3. The van der Waals surface area contributed by atoms with Gasteiger partial charge in [-0.05, 0) is 30.0 Å². The summed E-state index contributed by atoms with van der Waals surface area (Å²) in [6.07, 6.45) is 0. The zero-order valence-electron chi connectivity index (χ0n) is 16.0. The summed E-state index contributed by atoms with van der Waals surface area (Å²) in [5.74, 6) is 1.45. The van der Waals surface area contributed by atoms with Crippen molar-refractivity contribution >= 4 is 28.9 Å². The van der Waals surface area contributed by atoms with Gasteiger partial charge in [-0.15, -0.1) is 11.3 Å². The van der Waals surface area contributed by atoms with Gasteiger partial charge in [0.05, 0.1) is 6.54 Å². The van der Waals surface area contributed by atoms with Gasteiger partial charge in [0, 0.05) is 43.3 Å². The summed E-state index contributed by atoms with van der Waals surface area (Å²) in [6, 6.07) is 12.4. The molecule has 4 rings (SSSR count). The van der Waals surface area contributed by atoms with Crippen LogP contribution in [0.4, 0.5) is 17.6 Å². The zero-order valence-corrected chi connectivity index (χ0v) is 16.8. The number of piperazine rings is 1. The molecule has 3 N–H and O–H groups in total. The molecule has 0 bridgehead atoms. The molecule has 146 valence electrons. The molecule has 3 heterocycles. The molecule has 0 unspecified atom stereocenters. The van der Waals surface area contributed by atoms with Crippen LogP contribution < -0.4 is 11.1 Å². The summed E-state index contributed by atoms with van der Waals surface area (Å²) in [4.78, 5) is 19.4. The highest BCUT2D eigenvalue weighted by atomic mass is 32.1. The van der Waals surface area contributed by atoms with Crippen LogP contribution in [0.15, 0.2) is 41.8 Å². The van der Waals surface area contributed by atoms with Crippen LogP contribution in [0.25, 0.3) is 0 Å². The molecule has 0 spiro atoms. The lowest BCUT2D eigenvalue weighted by Gasteiger charge is -2.34. The summed E-state index contributed by atoms with van der Waals surface area (Å²) >= 11 is 1.82. The van der Waals surface area contributed by atoms with Gasteiger partial charge in [0.15, 0.2) is 0 Å². The Morgan fingerprint density at radius 2 is 1.71 bits per heavy atom. The van der Waals surface area contributed by atoms with Crippen molar-refractivity contribution < 1.29 is 0 Å². The number of hydrogen-bond acceptors (Lipinski definition) is 8. The van der Waals surface area contributed by atoms with E-state index >= 15 is 0 Å².